The van der Waals surface area contributed by atoms with E-state index >= 15 is 0 Å². The molecule has 0 saturated carbocycles. The van der Waals surface area contributed by atoms with Crippen molar-refractivity contribution in [2.24, 2.45) is 0 Å². The molecule has 4 heterocycles. The molecular weight excluding hydrogens is 532 g/mol. The van der Waals surface area contributed by atoms with Crippen molar-refractivity contribution in [3.63, 3.8) is 0 Å². The summed E-state index contributed by atoms with van der Waals surface area (Å²) in [6.07, 6.45) is -2.82. The summed E-state index contributed by atoms with van der Waals surface area (Å²) in [5.74, 6) is 0. The van der Waals surface area contributed by atoms with E-state index in [4.69, 9.17) is 18.6 Å². The van der Waals surface area contributed by atoms with E-state index in [1.807, 2.05) is 55.4 Å². The Morgan fingerprint density at radius 3 is 1.49 bits per heavy atom. The second kappa shape index (κ2) is 11.5. The molecule has 16 heteroatoms. The molecule has 0 spiro atoms. The molecule has 0 atom stereocenters. The molecule has 220 valence electrons. The molecule has 4 rings (SSSR count). The van der Waals surface area contributed by atoms with E-state index in [2.05, 4.69) is 15.3 Å². The third kappa shape index (κ3) is 8.98. The highest BCUT2D eigenvalue weighted by molar-refractivity contribution is 6.62. The first-order chi connectivity index (χ1) is 17.5. The van der Waals surface area contributed by atoms with Gasteiger partial charge in [0, 0.05) is 42.1 Å². The Balaban J connectivity index is 0.000000234. The summed E-state index contributed by atoms with van der Waals surface area (Å²) < 4.78 is 93.1. The first-order valence-electron chi connectivity index (χ1n) is 12.3. The number of hydrogen-bond donors (Lipinski definition) is 1. The predicted octanol–water partition coefficient (Wildman–Crippen LogP) is 4.41. The van der Waals surface area contributed by atoms with Crippen molar-refractivity contribution in [2.75, 3.05) is 0 Å². The Hall–Kier alpha value is -2.03. The standard InChI is InChI=1S/C11H16BF3N2O2.C9H15BN2O2.C3H5F3/c1-9(2)10(3,4)19-12(18-9)8-5-16-17(6-8)7-11(13,14)15;1-8(2)9(3,4)14-10(13-8)7-5-11-12-6-7;1-2-3(4,5)6/h5-6H,7H2,1-4H3;5-6H,1-4H3,(H,11,12);2H2,1H3. The Morgan fingerprint density at radius 1 is 0.744 bits per heavy atom. The molecule has 2 aliphatic rings. The molecule has 0 aromatic carbocycles. The highest BCUT2D eigenvalue weighted by Gasteiger charge is 2.53. The molecule has 2 aromatic heterocycles. The van der Waals surface area contributed by atoms with Crippen LogP contribution in [0.25, 0.3) is 0 Å². The van der Waals surface area contributed by atoms with Gasteiger partial charge in [0.25, 0.3) is 0 Å². The minimum atomic E-state index is -4.29. The maximum atomic E-state index is 12.3. The Morgan fingerprint density at radius 2 is 1.15 bits per heavy atom. The van der Waals surface area contributed by atoms with Crippen LogP contribution in [-0.4, -0.2) is 69.0 Å². The zero-order valence-corrected chi connectivity index (χ0v) is 23.6. The molecule has 0 aliphatic carbocycles. The number of aromatic nitrogens is 4. The second-order valence-electron chi connectivity index (χ2n) is 11.3. The van der Waals surface area contributed by atoms with Crippen molar-refractivity contribution in [1.29, 1.82) is 0 Å². The molecular formula is C23H36B2F6N4O4. The molecule has 8 nitrogen and oxygen atoms in total. The second-order valence-corrected chi connectivity index (χ2v) is 11.3. The number of alkyl halides is 6. The first kappa shape index (κ1) is 33.2. The monoisotopic (exact) mass is 568 g/mol. The fourth-order valence-corrected chi connectivity index (χ4v) is 3.12. The van der Waals surface area contributed by atoms with Gasteiger partial charge in [-0.3, -0.25) is 9.78 Å². The van der Waals surface area contributed by atoms with E-state index in [0.29, 0.717) is 5.46 Å². The Labute approximate surface area is 225 Å². The summed E-state index contributed by atoms with van der Waals surface area (Å²) in [5.41, 5.74) is -0.191. The Kier molecular flexibility index (Phi) is 9.74. The maximum absolute atomic E-state index is 12.3. The van der Waals surface area contributed by atoms with Crippen LogP contribution in [0, 0.1) is 0 Å². The number of halogens is 6. The topological polar surface area (TPSA) is 83.4 Å². The molecule has 0 amide bonds. The van der Waals surface area contributed by atoms with Crippen LogP contribution in [0.1, 0.15) is 68.7 Å². The number of aromatic amines is 1. The molecule has 0 bridgehead atoms. The van der Waals surface area contributed by atoms with E-state index in [0.717, 1.165) is 17.1 Å². The number of H-pyrrole nitrogens is 1. The van der Waals surface area contributed by atoms with Gasteiger partial charge in [0.05, 0.1) is 22.4 Å². The number of nitrogens with one attached hydrogen (secondary N) is 1. The average Bonchev–Trinajstić information content (AvgIpc) is 3.49. The lowest BCUT2D eigenvalue weighted by molar-refractivity contribution is -0.142. The van der Waals surface area contributed by atoms with Crippen molar-refractivity contribution in [3.8, 4) is 0 Å². The van der Waals surface area contributed by atoms with Gasteiger partial charge in [-0.2, -0.15) is 36.5 Å². The van der Waals surface area contributed by atoms with Gasteiger partial charge < -0.3 is 18.6 Å². The third-order valence-electron chi connectivity index (χ3n) is 6.97. The molecule has 2 aliphatic heterocycles. The fourth-order valence-electron chi connectivity index (χ4n) is 3.12. The lowest BCUT2D eigenvalue weighted by Crippen LogP contribution is -2.41. The largest absolute Gasteiger partial charge is 0.498 e. The van der Waals surface area contributed by atoms with Gasteiger partial charge in [0.1, 0.15) is 6.54 Å². The molecule has 2 aromatic rings. The zero-order chi connectivity index (χ0) is 30.1. The number of nitrogens with zero attached hydrogens (tertiary/aromatic N) is 3. The van der Waals surface area contributed by atoms with Crippen molar-refractivity contribution < 1.29 is 45.0 Å². The van der Waals surface area contributed by atoms with Crippen LogP contribution in [0.2, 0.25) is 0 Å². The van der Waals surface area contributed by atoms with E-state index in [9.17, 15) is 26.3 Å². The van der Waals surface area contributed by atoms with Crippen molar-refractivity contribution in [3.05, 3.63) is 24.8 Å². The van der Waals surface area contributed by atoms with Gasteiger partial charge in [-0.25, -0.2) is 0 Å². The van der Waals surface area contributed by atoms with Crippen molar-refractivity contribution in [2.45, 2.75) is 110 Å². The molecule has 39 heavy (non-hydrogen) atoms. The van der Waals surface area contributed by atoms with Gasteiger partial charge in [0.2, 0.25) is 0 Å². The van der Waals surface area contributed by atoms with Crippen LogP contribution in [-0.2, 0) is 25.2 Å². The normalized spacial score (nSPS) is 21.2. The average molecular weight is 568 g/mol. The quantitative estimate of drug-likeness (QED) is 0.437. The highest BCUT2D eigenvalue weighted by Crippen LogP contribution is 2.37. The van der Waals surface area contributed by atoms with E-state index in [1.165, 1.54) is 12.4 Å². The van der Waals surface area contributed by atoms with Crippen molar-refractivity contribution in [1.82, 2.24) is 20.0 Å². The minimum Gasteiger partial charge on any atom is -0.399 e. The summed E-state index contributed by atoms with van der Waals surface area (Å²) in [7, 11) is -0.995. The molecule has 0 unspecified atom stereocenters. The number of rotatable bonds is 3. The predicted molar refractivity (Wildman–Crippen MR) is 135 cm³/mol. The van der Waals surface area contributed by atoms with E-state index < -0.39 is 43.6 Å². The molecule has 2 fully saturated rings. The van der Waals surface area contributed by atoms with E-state index in [-0.39, 0.29) is 18.3 Å². The molecule has 2 saturated heterocycles. The zero-order valence-electron chi connectivity index (χ0n) is 23.6. The molecule has 0 radical (unpaired) electrons. The van der Waals surface area contributed by atoms with Crippen LogP contribution in [0.5, 0.6) is 0 Å². The smallest absolute Gasteiger partial charge is 0.399 e. The highest BCUT2D eigenvalue weighted by atomic mass is 19.4. The fraction of sp³-hybridized carbons (Fsp3) is 0.739. The summed E-state index contributed by atoms with van der Waals surface area (Å²) in [6, 6.07) is 0. The van der Waals surface area contributed by atoms with Crippen LogP contribution in [0.4, 0.5) is 26.3 Å². The molecule has 1 N–H and O–H groups in total. The number of hydrogen-bond acceptors (Lipinski definition) is 6. The minimum absolute atomic E-state index is 0.283. The Bertz CT molecular complexity index is 1020. The summed E-state index contributed by atoms with van der Waals surface area (Å²) in [4.78, 5) is 0. The van der Waals surface area contributed by atoms with Crippen LogP contribution in [0.15, 0.2) is 24.8 Å². The third-order valence-corrected chi connectivity index (χ3v) is 6.97. The lowest BCUT2D eigenvalue weighted by Gasteiger charge is -2.32. The van der Waals surface area contributed by atoms with E-state index in [1.54, 1.807) is 12.4 Å². The van der Waals surface area contributed by atoms with Crippen LogP contribution < -0.4 is 10.9 Å². The summed E-state index contributed by atoms with van der Waals surface area (Å²) in [5, 5.41) is 10.3. The SMILES string of the molecule is CC1(C)OB(c2cn[nH]c2)OC1(C)C.CC1(C)OB(c2cnn(CC(F)(F)F)c2)OC1(C)C.CCC(F)(F)F. The lowest BCUT2D eigenvalue weighted by atomic mass is 9.82. The van der Waals surface area contributed by atoms with Gasteiger partial charge in [0.15, 0.2) is 0 Å². The van der Waals surface area contributed by atoms with Crippen LogP contribution >= 0.6 is 0 Å². The first-order valence-corrected chi connectivity index (χ1v) is 12.3. The van der Waals surface area contributed by atoms with Crippen molar-refractivity contribution >= 4 is 25.2 Å². The summed E-state index contributed by atoms with van der Waals surface area (Å²) in [6.45, 7) is 15.6. The summed E-state index contributed by atoms with van der Waals surface area (Å²) >= 11 is 0. The van der Waals surface area contributed by atoms with Crippen LogP contribution in [0.3, 0.4) is 0 Å². The van der Waals surface area contributed by atoms with Gasteiger partial charge in [-0.1, -0.05) is 6.92 Å². The van der Waals surface area contributed by atoms with Gasteiger partial charge in [-0.15, -0.1) is 0 Å². The van der Waals surface area contributed by atoms with Gasteiger partial charge >= 0.3 is 26.6 Å². The van der Waals surface area contributed by atoms with Gasteiger partial charge in [-0.05, 0) is 55.4 Å². The maximum Gasteiger partial charge on any atom is 0.498 e.